The fraction of sp³-hybridized carbons (Fsp3) is 0.647. The molecule has 0 spiro atoms. The number of nitrogens with zero attached hydrogens (tertiary/aromatic N) is 4. The lowest BCUT2D eigenvalue weighted by Gasteiger charge is -2.37. The van der Waals surface area contributed by atoms with E-state index in [9.17, 15) is 15.0 Å². The summed E-state index contributed by atoms with van der Waals surface area (Å²) >= 11 is 0. The Morgan fingerprint density at radius 2 is 1.81 bits per heavy atom. The summed E-state index contributed by atoms with van der Waals surface area (Å²) in [4.78, 5) is 22.6. The Kier molecular flexibility index (Phi) is 6.70. The third-order valence-electron chi connectivity index (χ3n) is 5.31. The predicted octanol–water partition coefficient (Wildman–Crippen LogP) is -3.27. The van der Waals surface area contributed by atoms with E-state index in [1.807, 2.05) is 0 Å². The molecule has 2 aromatic rings. The molecule has 0 radical (unpaired) electrons. The minimum Gasteiger partial charge on any atom is -0.479 e. The van der Waals surface area contributed by atoms with Crippen LogP contribution in [0.15, 0.2) is 12.7 Å². The first kappa shape index (κ1) is 23.2. The van der Waals surface area contributed by atoms with E-state index in [0.717, 1.165) is 0 Å². The molecule has 5 unspecified atom stereocenters. The van der Waals surface area contributed by atoms with Crippen LogP contribution in [-0.2, 0) is 9.53 Å². The molecule has 1 aliphatic carbocycles. The van der Waals surface area contributed by atoms with Crippen LogP contribution in [-0.4, -0.2) is 104 Å². The van der Waals surface area contributed by atoms with Gasteiger partial charge in [0.1, 0.15) is 24.1 Å². The highest BCUT2D eigenvalue weighted by molar-refractivity contribution is 5.81. The number of anilines is 1. The van der Waals surface area contributed by atoms with E-state index in [0.29, 0.717) is 17.6 Å². The number of aliphatic hydroxyl groups excluding tert-OH is 5. The summed E-state index contributed by atoms with van der Waals surface area (Å²) in [5, 5.41) is 64.2. The lowest BCUT2D eigenvalue weighted by atomic mass is 9.80. The van der Waals surface area contributed by atoms with Gasteiger partial charge < -0.3 is 46.2 Å². The lowest BCUT2D eigenvalue weighted by Crippen LogP contribution is -2.56. The quantitative estimate of drug-likeness (QED) is 0.232. The van der Waals surface area contributed by atoms with Gasteiger partial charge in [-0.05, 0) is 0 Å². The van der Waals surface area contributed by atoms with Gasteiger partial charge in [0.2, 0.25) is 0 Å². The van der Waals surface area contributed by atoms with Crippen molar-refractivity contribution in [3.8, 4) is 0 Å². The number of fused-ring (bicyclic) bond motifs is 1. The van der Waals surface area contributed by atoms with Crippen molar-refractivity contribution in [2.45, 2.75) is 61.6 Å². The van der Waals surface area contributed by atoms with Gasteiger partial charge in [-0.15, -0.1) is 0 Å². The van der Waals surface area contributed by atoms with Crippen LogP contribution in [0, 0.1) is 0 Å². The van der Waals surface area contributed by atoms with Gasteiger partial charge in [-0.2, -0.15) is 0 Å². The number of carbonyl (C=O) groups is 1. The highest BCUT2D eigenvalue weighted by Gasteiger charge is 2.48. The minimum atomic E-state index is -2.14. The van der Waals surface area contributed by atoms with Crippen LogP contribution in [0.1, 0.15) is 25.5 Å². The Morgan fingerprint density at radius 1 is 1.16 bits per heavy atom. The van der Waals surface area contributed by atoms with Crippen molar-refractivity contribution in [3.63, 3.8) is 0 Å². The van der Waals surface area contributed by atoms with Crippen LogP contribution in [0.5, 0.6) is 0 Å². The zero-order chi connectivity index (χ0) is 22.9. The smallest absolute Gasteiger partial charge is 0.335 e. The minimum absolute atomic E-state index is 0.128. The zero-order valence-corrected chi connectivity index (χ0v) is 16.3. The second-order valence-corrected chi connectivity index (χ2v) is 7.59. The Labute approximate surface area is 175 Å². The number of aliphatic hydroxyl groups is 6. The first-order chi connectivity index (χ1) is 14.6. The third kappa shape index (κ3) is 4.59. The fourth-order valence-corrected chi connectivity index (χ4v) is 3.60. The standard InChI is InChI=1S/C10H13N5O3.C7H12O6/c11-8-7-9(13-3-12-8)15(4-14-7)10-6(17)1-5(2-16)18-10;8-3-1-7(13,6(11)12)2-4(9)5(3)10/h3-6,10,16-17H,1-2H2,(H2,11,12,13);3-5,8-10,13H,1-2H2,(H,11,12). The van der Waals surface area contributed by atoms with Crippen molar-refractivity contribution in [1.82, 2.24) is 19.5 Å². The molecule has 0 bridgehead atoms. The maximum Gasteiger partial charge on any atom is 0.335 e. The summed E-state index contributed by atoms with van der Waals surface area (Å²) < 4.78 is 7.14. The average molecular weight is 443 g/mol. The number of aliphatic carboxylic acids is 1. The van der Waals surface area contributed by atoms with Crippen LogP contribution in [0.3, 0.4) is 0 Å². The van der Waals surface area contributed by atoms with Crippen molar-refractivity contribution >= 4 is 23.0 Å². The van der Waals surface area contributed by atoms with Gasteiger partial charge >= 0.3 is 5.97 Å². The van der Waals surface area contributed by atoms with Gasteiger partial charge in [0.25, 0.3) is 0 Å². The first-order valence-corrected chi connectivity index (χ1v) is 9.44. The highest BCUT2D eigenvalue weighted by Crippen LogP contribution is 2.31. The number of nitrogens with two attached hydrogens (primary N) is 1. The Morgan fingerprint density at radius 3 is 2.35 bits per heavy atom. The molecule has 1 saturated carbocycles. The number of aromatic nitrogens is 4. The topological polar surface area (TPSA) is 238 Å². The molecule has 2 fully saturated rings. The van der Waals surface area contributed by atoms with Gasteiger partial charge in [0, 0.05) is 19.3 Å². The predicted molar refractivity (Wildman–Crippen MR) is 101 cm³/mol. The molecule has 172 valence electrons. The van der Waals surface area contributed by atoms with Gasteiger partial charge in [-0.25, -0.2) is 19.7 Å². The Bertz CT molecular complexity index is 913. The van der Waals surface area contributed by atoms with Crippen LogP contribution >= 0.6 is 0 Å². The molecule has 14 heteroatoms. The molecule has 1 saturated heterocycles. The van der Waals surface area contributed by atoms with Gasteiger partial charge in [0.05, 0.1) is 31.2 Å². The normalized spacial score (nSPS) is 35.5. The molecule has 2 aliphatic rings. The highest BCUT2D eigenvalue weighted by atomic mass is 16.5. The molecule has 31 heavy (non-hydrogen) atoms. The zero-order valence-electron chi connectivity index (χ0n) is 16.3. The molecule has 9 N–H and O–H groups in total. The molecule has 0 amide bonds. The molecule has 4 rings (SSSR count). The van der Waals surface area contributed by atoms with E-state index in [1.54, 1.807) is 4.57 Å². The summed E-state index contributed by atoms with van der Waals surface area (Å²) in [6.07, 6.45) is -3.64. The van der Waals surface area contributed by atoms with Crippen molar-refractivity contribution in [2.24, 2.45) is 0 Å². The molecular weight excluding hydrogens is 418 g/mol. The number of carboxylic acids is 1. The van der Waals surface area contributed by atoms with Crippen LogP contribution in [0.4, 0.5) is 5.82 Å². The van der Waals surface area contributed by atoms with Gasteiger partial charge in [-0.1, -0.05) is 0 Å². The molecule has 14 nitrogen and oxygen atoms in total. The summed E-state index contributed by atoms with van der Waals surface area (Å²) in [7, 11) is 0. The summed E-state index contributed by atoms with van der Waals surface area (Å²) in [6.45, 7) is -0.128. The summed E-state index contributed by atoms with van der Waals surface area (Å²) in [5.74, 6) is -1.22. The average Bonchev–Trinajstić information content (AvgIpc) is 3.30. The van der Waals surface area contributed by atoms with Crippen LogP contribution in [0.2, 0.25) is 0 Å². The van der Waals surface area contributed by atoms with E-state index >= 15 is 0 Å². The maximum atomic E-state index is 10.5. The number of ether oxygens (including phenoxy) is 1. The summed E-state index contributed by atoms with van der Waals surface area (Å²) in [5.41, 5.74) is 4.52. The second kappa shape index (κ2) is 8.96. The molecule has 1 aliphatic heterocycles. The summed E-state index contributed by atoms with van der Waals surface area (Å²) in [6, 6.07) is 0. The number of rotatable bonds is 3. The largest absolute Gasteiger partial charge is 0.479 e. The SMILES string of the molecule is Nc1ncnc2c1ncn2C1OC(CO)CC1O.O=C(O)C1(O)CC(O)C(O)C(O)C1. The Balaban J connectivity index is 0.000000187. The van der Waals surface area contributed by atoms with Crippen molar-refractivity contribution in [2.75, 3.05) is 12.3 Å². The van der Waals surface area contributed by atoms with E-state index in [2.05, 4.69) is 15.0 Å². The molecule has 3 heterocycles. The Hall–Kier alpha value is -2.46. The van der Waals surface area contributed by atoms with Crippen molar-refractivity contribution in [3.05, 3.63) is 12.7 Å². The first-order valence-electron chi connectivity index (χ1n) is 9.44. The van der Waals surface area contributed by atoms with Crippen molar-refractivity contribution in [1.29, 1.82) is 0 Å². The molecule has 0 aromatic carbocycles. The van der Waals surface area contributed by atoms with E-state index < -0.39 is 55.1 Å². The third-order valence-corrected chi connectivity index (χ3v) is 5.31. The second-order valence-electron chi connectivity index (χ2n) is 7.59. The van der Waals surface area contributed by atoms with Crippen molar-refractivity contribution < 1.29 is 45.3 Å². The van der Waals surface area contributed by atoms with E-state index in [1.165, 1.54) is 12.7 Å². The van der Waals surface area contributed by atoms with Gasteiger partial charge in [-0.3, -0.25) is 4.57 Å². The van der Waals surface area contributed by atoms with Crippen LogP contribution < -0.4 is 5.73 Å². The lowest BCUT2D eigenvalue weighted by molar-refractivity contribution is -0.187. The number of carboxylic acid groups (broad SMARTS) is 1. The monoisotopic (exact) mass is 443 g/mol. The molecule has 5 atom stereocenters. The molecule has 2 aromatic heterocycles. The number of hydrogen-bond acceptors (Lipinski definition) is 12. The number of nitrogen functional groups attached to an aromatic ring is 1. The van der Waals surface area contributed by atoms with Crippen LogP contribution in [0.25, 0.3) is 11.2 Å². The number of hydrogen-bond donors (Lipinski definition) is 8. The maximum absolute atomic E-state index is 10.5. The number of imidazole rings is 1. The van der Waals surface area contributed by atoms with Gasteiger partial charge in [0.15, 0.2) is 23.3 Å². The molecular formula is C17H25N5O9. The fourth-order valence-electron chi connectivity index (χ4n) is 3.60. The van der Waals surface area contributed by atoms with E-state index in [-0.39, 0.29) is 18.5 Å². The van der Waals surface area contributed by atoms with E-state index in [4.69, 9.17) is 36.0 Å².